The molecule has 0 fully saturated rings. The third-order valence-corrected chi connectivity index (χ3v) is 3.31. The van der Waals surface area contributed by atoms with Crippen molar-refractivity contribution in [2.45, 2.75) is 25.9 Å². The van der Waals surface area contributed by atoms with Gasteiger partial charge in [-0.05, 0) is 38.9 Å². The third-order valence-electron chi connectivity index (χ3n) is 3.31. The molecule has 0 radical (unpaired) electrons. The summed E-state index contributed by atoms with van der Waals surface area (Å²) in [5.41, 5.74) is 1.25. The van der Waals surface area contributed by atoms with E-state index in [1.54, 1.807) is 0 Å². The maximum atomic E-state index is 12.2. The van der Waals surface area contributed by atoms with E-state index in [4.69, 9.17) is 0 Å². The van der Waals surface area contributed by atoms with E-state index in [0.717, 1.165) is 19.5 Å². The number of halogens is 3. The van der Waals surface area contributed by atoms with Crippen molar-refractivity contribution in [1.82, 2.24) is 15.5 Å². The first kappa shape index (κ1) is 20.3. The van der Waals surface area contributed by atoms with Crippen molar-refractivity contribution in [3.63, 3.8) is 0 Å². The highest BCUT2D eigenvalue weighted by Crippen LogP contribution is 2.15. The summed E-state index contributed by atoms with van der Waals surface area (Å²) in [6.07, 6.45) is -2.67. The zero-order valence-corrected chi connectivity index (χ0v) is 14.4. The van der Waals surface area contributed by atoms with Crippen molar-refractivity contribution in [2.24, 2.45) is 4.99 Å². The minimum Gasteiger partial charge on any atom is -0.357 e. The van der Waals surface area contributed by atoms with Gasteiger partial charge in [0.05, 0.1) is 6.54 Å². The molecule has 0 spiro atoms. The Hall–Kier alpha value is -1.76. The number of hydrogen-bond acceptors (Lipinski definition) is 2. The predicted octanol–water partition coefficient (Wildman–Crippen LogP) is 2.67. The van der Waals surface area contributed by atoms with Crippen LogP contribution in [-0.2, 0) is 6.42 Å². The molecule has 0 aliphatic carbocycles. The fraction of sp³-hybridized carbons (Fsp3) is 0.588. The lowest BCUT2D eigenvalue weighted by Crippen LogP contribution is -2.38. The fourth-order valence-electron chi connectivity index (χ4n) is 2.23. The van der Waals surface area contributed by atoms with Gasteiger partial charge in [-0.25, -0.2) is 0 Å². The number of hydrogen-bond donors (Lipinski definition) is 2. The quantitative estimate of drug-likeness (QED) is 0.411. The summed E-state index contributed by atoms with van der Waals surface area (Å²) in [6.45, 7) is 3.45. The van der Waals surface area contributed by atoms with Crippen LogP contribution in [-0.4, -0.2) is 56.8 Å². The molecule has 0 unspecified atom stereocenters. The molecule has 0 saturated heterocycles. The summed E-state index contributed by atoms with van der Waals surface area (Å²) in [7, 11) is 1.47. The molecule has 0 bridgehead atoms. The topological polar surface area (TPSA) is 39.7 Å². The van der Waals surface area contributed by atoms with Gasteiger partial charge in [-0.3, -0.25) is 9.89 Å². The molecule has 0 amide bonds. The second-order valence-corrected chi connectivity index (χ2v) is 5.63. The largest absolute Gasteiger partial charge is 0.401 e. The number of nitrogens with one attached hydrogen (secondary N) is 2. The predicted molar refractivity (Wildman–Crippen MR) is 92.3 cm³/mol. The number of nitrogens with zero attached hydrogens (tertiary/aromatic N) is 2. The minimum atomic E-state index is -4.15. The van der Waals surface area contributed by atoms with E-state index in [-0.39, 0.29) is 0 Å². The van der Waals surface area contributed by atoms with Crippen molar-refractivity contribution in [2.75, 3.05) is 39.8 Å². The first-order valence-corrected chi connectivity index (χ1v) is 8.22. The first-order valence-electron chi connectivity index (χ1n) is 8.22. The molecule has 0 heterocycles. The van der Waals surface area contributed by atoms with Crippen molar-refractivity contribution in [3.8, 4) is 0 Å². The van der Waals surface area contributed by atoms with Gasteiger partial charge in [0, 0.05) is 19.6 Å². The summed E-state index contributed by atoms with van der Waals surface area (Å²) in [4.78, 5) is 5.67. The maximum absolute atomic E-state index is 12.2. The van der Waals surface area contributed by atoms with Crippen molar-refractivity contribution in [3.05, 3.63) is 35.9 Å². The van der Waals surface area contributed by atoms with Crippen LogP contribution in [0.4, 0.5) is 13.2 Å². The van der Waals surface area contributed by atoms with Crippen LogP contribution in [0.1, 0.15) is 18.9 Å². The Morgan fingerprint density at radius 1 is 1.17 bits per heavy atom. The first-order chi connectivity index (χ1) is 11.4. The van der Waals surface area contributed by atoms with Gasteiger partial charge in [0.2, 0.25) is 0 Å². The van der Waals surface area contributed by atoms with Gasteiger partial charge in [0.25, 0.3) is 0 Å². The lowest BCUT2D eigenvalue weighted by molar-refractivity contribution is -0.143. The SMILES string of the molecule is CCNC(=NCCCN(C)CC(F)(F)F)NCCc1ccccc1. The Balaban J connectivity index is 2.29. The van der Waals surface area contributed by atoms with Gasteiger partial charge in [-0.1, -0.05) is 30.3 Å². The summed E-state index contributed by atoms with van der Waals surface area (Å²) in [5.74, 6) is 0.701. The van der Waals surface area contributed by atoms with E-state index in [0.29, 0.717) is 25.5 Å². The van der Waals surface area contributed by atoms with Crippen LogP contribution in [0, 0.1) is 0 Å². The summed E-state index contributed by atoms with van der Waals surface area (Å²) < 4.78 is 36.7. The van der Waals surface area contributed by atoms with Crippen molar-refractivity contribution in [1.29, 1.82) is 0 Å². The van der Waals surface area contributed by atoms with E-state index >= 15 is 0 Å². The van der Waals surface area contributed by atoms with Crippen LogP contribution < -0.4 is 10.6 Å². The van der Waals surface area contributed by atoms with Crippen LogP contribution in [0.5, 0.6) is 0 Å². The average Bonchev–Trinajstić information content (AvgIpc) is 2.51. The average molecular weight is 344 g/mol. The Bertz CT molecular complexity index is 474. The molecule has 136 valence electrons. The van der Waals surface area contributed by atoms with Gasteiger partial charge >= 0.3 is 6.18 Å². The molecular formula is C17H27F3N4. The van der Waals surface area contributed by atoms with E-state index in [2.05, 4.69) is 27.8 Å². The van der Waals surface area contributed by atoms with Gasteiger partial charge in [-0.2, -0.15) is 13.2 Å². The molecule has 0 aliphatic heterocycles. The molecule has 0 aliphatic rings. The van der Waals surface area contributed by atoms with Crippen LogP contribution >= 0.6 is 0 Å². The highest BCUT2D eigenvalue weighted by molar-refractivity contribution is 5.79. The Labute approximate surface area is 142 Å². The highest BCUT2D eigenvalue weighted by Gasteiger charge is 2.28. The van der Waals surface area contributed by atoms with Crippen LogP contribution in [0.3, 0.4) is 0 Å². The lowest BCUT2D eigenvalue weighted by Gasteiger charge is -2.18. The molecule has 0 atom stereocenters. The monoisotopic (exact) mass is 344 g/mol. The number of aliphatic imine (C=N–C) groups is 1. The van der Waals surface area contributed by atoms with E-state index in [1.807, 2.05) is 25.1 Å². The molecule has 4 nitrogen and oxygen atoms in total. The minimum absolute atomic E-state index is 0.367. The zero-order valence-electron chi connectivity index (χ0n) is 14.4. The third kappa shape index (κ3) is 10.1. The number of benzene rings is 1. The summed E-state index contributed by atoms with van der Waals surface area (Å²) >= 11 is 0. The molecule has 7 heteroatoms. The summed E-state index contributed by atoms with van der Waals surface area (Å²) in [6, 6.07) is 10.1. The van der Waals surface area contributed by atoms with E-state index < -0.39 is 12.7 Å². The second-order valence-electron chi connectivity index (χ2n) is 5.63. The standard InChI is InChI=1S/C17H27F3N4/c1-3-21-16(23-12-10-15-8-5-4-6-9-15)22-11-7-13-24(2)14-17(18,19)20/h4-6,8-9H,3,7,10-14H2,1-2H3,(H2,21,22,23). The fourth-order valence-corrected chi connectivity index (χ4v) is 2.23. The lowest BCUT2D eigenvalue weighted by atomic mass is 10.1. The van der Waals surface area contributed by atoms with E-state index in [1.165, 1.54) is 17.5 Å². The van der Waals surface area contributed by atoms with Crippen molar-refractivity contribution < 1.29 is 13.2 Å². The van der Waals surface area contributed by atoms with E-state index in [9.17, 15) is 13.2 Å². The molecule has 1 aromatic carbocycles. The number of alkyl halides is 3. The Kier molecular flexibility index (Phi) is 9.22. The molecule has 0 saturated carbocycles. The molecule has 24 heavy (non-hydrogen) atoms. The van der Waals surface area contributed by atoms with Gasteiger partial charge < -0.3 is 10.6 Å². The Morgan fingerprint density at radius 3 is 2.50 bits per heavy atom. The maximum Gasteiger partial charge on any atom is 0.401 e. The highest BCUT2D eigenvalue weighted by atomic mass is 19.4. The number of guanidine groups is 1. The normalized spacial score (nSPS) is 12.5. The molecule has 1 aromatic rings. The van der Waals surface area contributed by atoms with Gasteiger partial charge in [0.15, 0.2) is 5.96 Å². The Morgan fingerprint density at radius 2 is 1.88 bits per heavy atom. The van der Waals surface area contributed by atoms with Crippen LogP contribution in [0.25, 0.3) is 0 Å². The zero-order chi connectivity index (χ0) is 17.8. The van der Waals surface area contributed by atoms with Gasteiger partial charge in [-0.15, -0.1) is 0 Å². The molecular weight excluding hydrogens is 317 g/mol. The van der Waals surface area contributed by atoms with Gasteiger partial charge in [0.1, 0.15) is 0 Å². The molecule has 2 N–H and O–H groups in total. The summed E-state index contributed by atoms with van der Waals surface area (Å²) in [5, 5.41) is 6.38. The smallest absolute Gasteiger partial charge is 0.357 e. The number of rotatable bonds is 9. The molecule has 0 aromatic heterocycles. The van der Waals surface area contributed by atoms with Crippen molar-refractivity contribution >= 4 is 5.96 Å². The second kappa shape index (κ2) is 10.9. The van der Waals surface area contributed by atoms with Crippen LogP contribution in [0.15, 0.2) is 35.3 Å². The van der Waals surface area contributed by atoms with Crippen LogP contribution in [0.2, 0.25) is 0 Å². The molecule has 1 rings (SSSR count).